The number of rotatable bonds is 8. The van der Waals surface area contributed by atoms with Gasteiger partial charge in [0.05, 0.1) is 4.90 Å². The van der Waals surface area contributed by atoms with Crippen molar-refractivity contribution in [2.45, 2.75) is 36.0 Å². The number of fused-ring (bicyclic) bond motifs is 1. The molecule has 0 aliphatic heterocycles. The lowest BCUT2D eigenvalue weighted by atomic mass is 9.77. The van der Waals surface area contributed by atoms with Crippen molar-refractivity contribution in [2.75, 3.05) is 6.54 Å². The second kappa shape index (κ2) is 8.03. The van der Waals surface area contributed by atoms with Crippen LogP contribution in [0.5, 0.6) is 0 Å². The van der Waals surface area contributed by atoms with Crippen LogP contribution in [0.3, 0.4) is 0 Å². The number of carboxylic acid groups (broad SMARTS) is 1. The first-order valence-electron chi connectivity index (χ1n) is 8.83. The molecule has 6 nitrogen and oxygen atoms in total. The van der Waals surface area contributed by atoms with Crippen LogP contribution in [0.15, 0.2) is 47.4 Å². The van der Waals surface area contributed by atoms with Gasteiger partial charge in [0.25, 0.3) is 0 Å². The molecular weight excluding hydrogens is 402 g/mol. The molecule has 0 radical (unpaired) electrons. The highest BCUT2D eigenvalue weighted by molar-refractivity contribution is 7.89. The molecule has 0 spiro atoms. The molecule has 0 amide bonds. The van der Waals surface area contributed by atoms with Crippen molar-refractivity contribution < 1.29 is 23.1 Å². The molecular formula is C20H20ClNO5S. The fraction of sp³-hybridized carbons (Fsp3) is 0.300. The molecule has 2 N–H and O–H groups in total. The monoisotopic (exact) mass is 421 g/mol. The summed E-state index contributed by atoms with van der Waals surface area (Å²) in [6.45, 7) is -0.440. The standard InChI is InChI=1S/C20H20ClNO5S/c21-17-6-8-18(9-7-17)28(26,27)22-13-20(10-11-23,19(24)25)16-5-4-14-2-1-3-15(14)12-16/h4-9,11-12,22H,1-3,10,13H2,(H,24,25). The van der Waals surface area contributed by atoms with Crippen molar-refractivity contribution in [3.63, 3.8) is 0 Å². The van der Waals surface area contributed by atoms with Crippen LogP contribution >= 0.6 is 11.6 Å². The maximum atomic E-state index is 12.6. The molecule has 0 bridgehead atoms. The molecule has 28 heavy (non-hydrogen) atoms. The van der Waals surface area contributed by atoms with E-state index in [1.165, 1.54) is 24.3 Å². The van der Waals surface area contributed by atoms with E-state index < -0.39 is 28.0 Å². The molecule has 0 fully saturated rings. The van der Waals surface area contributed by atoms with Crippen LogP contribution in [0, 0.1) is 0 Å². The van der Waals surface area contributed by atoms with Gasteiger partial charge in [-0.15, -0.1) is 0 Å². The molecule has 2 aromatic rings. The van der Waals surface area contributed by atoms with E-state index in [0.29, 0.717) is 16.9 Å². The molecule has 3 rings (SSSR count). The average molecular weight is 422 g/mol. The fourth-order valence-electron chi connectivity index (χ4n) is 3.51. The van der Waals surface area contributed by atoms with Crippen molar-refractivity contribution >= 4 is 33.9 Å². The second-order valence-electron chi connectivity index (χ2n) is 6.87. The third kappa shape index (κ3) is 3.97. The number of halogens is 1. The summed E-state index contributed by atoms with van der Waals surface area (Å²) in [6, 6.07) is 10.9. The average Bonchev–Trinajstić information content (AvgIpc) is 3.13. The van der Waals surface area contributed by atoms with Crippen LogP contribution in [0.4, 0.5) is 0 Å². The number of sulfonamides is 1. The van der Waals surface area contributed by atoms with Gasteiger partial charge in [-0.1, -0.05) is 29.8 Å². The lowest BCUT2D eigenvalue weighted by Gasteiger charge is -2.29. The zero-order chi connectivity index (χ0) is 20.4. The summed E-state index contributed by atoms with van der Waals surface area (Å²) in [5.41, 5.74) is 0.954. The number of carbonyl (C=O) groups excluding carboxylic acids is 1. The summed E-state index contributed by atoms with van der Waals surface area (Å²) < 4.78 is 27.6. The minimum absolute atomic E-state index is 0.0313. The highest BCUT2D eigenvalue weighted by Crippen LogP contribution is 2.32. The topological polar surface area (TPSA) is 101 Å². The van der Waals surface area contributed by atoms with Gasteiger partial charge in [-0.05, 0) is 60.2 Å². The van der Waals surface area contributed by atoms with Crippen LogP contribution in [-0.4, -0.2) is 32.3 Å². The Kier molecular flexibility index (Phi) is 5.88. The van der Waals surface area contributed by atoms with Gasteiger partial charge < -0.3 is 9.90 Å². The number of carboxylic acids is 1. The predicted molar refractivity (Wildman–Crippen MR) is 105 cm³/mol. The number of hydrogen-bond donors (Lipinski definition) is 2. The fourth-order valence-corrected chi connectivity index (χ4v) is 4.73. The Bertz CT molecular complexity index is 1000. The number of hydrogen-bond acceptors (Lipinski definition) is 4. The molecule has 1 atom stereocenters. The van der Waals surface area contributed by atoms with Crippen LogP contribution in [0.25, 0.3) is 0 Å². The van der Waals surface area contributed by atoms with E-state index in [0.717, 1.165) is 30.4 Å². The van der Waals surface area contributed by atoms with E-state index in [2.05, 4.69) is 4.72 Å². The van der Waals surface area contributed by atoms with E-state index in [-0.39, 0.29) is 11.3 Å². The van der Waals surface area contributed by atoms with Gasteiger partial charge in [-0.2, -0.15) is 0 Å². The smallest absolute Gasteiger partial charge is 0.315 e. The van der Waals surface area contributed by atoms with E-state index in [4.69, 9.17) is 11.6 Å². The highest BCUT2D eigenvalue weighted by atomic mass is 35.5. The highest BCUT2D eigenvalue weighted by Gasteiger charge is 2.41. The summed E-state index contributed by atoms with van der Waals surface area (Å²) in [5.74, 6) is -1.25. The number of carbonyl (C=O) groups is 2. The third-order valence-corrected chi connectivity index (χ3v) is 6.85. The van der Waals surface area contributed by atoms with Crippen LogP contribution in [0.2, 0.25) is 5.02 Å². The molecule has 2 aromatic carbocycles. The molecule has 1 unspecified atom stereocenters. The maximum absolute atomic E-state index is 12.6. The Morgan fingerprint density at radius 2 is 1.82 bits per heavy atom. The Morgan fingerprint density at radius 3 is 2.46 bits per heavy atom. The number of aryl methyl sites for hydroxylation is 2. The van der Waals surface area contributed by atoms with Crippen molar-refractivity contribution in [2.24, 2.45) is 0 Å². The van der Waals surface area contributed by atoms with Crippen molar-refractivity contribution in [3.8, 4) is 0 Å². The Balaban J connectivity index is 1.95. The number of aliphatic carboxylic acids is 1. The van der Waals surface area contributed by atoms with Crippen molar-refractivity contribution in [3.05, 3.63) is 64.2 Å². The first-order valence-corrected chi connectivity index (χ1v) is 10.7. The molecule has 1 aliphatic carbocycles. The summed E-state index contributed by atoms with van der Waals surface area (Å²) in [6.07, 6.45) is 2.95. The van der Waals surface area contributed by atoms with Crippen LogP contribution < -0.4 is 4.72 Å². The maximum Gasteiger partial charge on any atom is 0.315 e. The molecule has 8 heteroatoms. The van der Waals surface area contributed by atoms with Gasteiger partial charge in [0.1, 0.15) is 11.7 Å². The van der Waals surface area contributed by atoms with Crippen LogP contribution in [-0.2, 0) is 37.9 Å². The molecule has 0 aromatic heterocycles. The van der Waals surface area contributed by atoms with Gasteiger partial charge in [-0.25, -0.2) is 13.1 Å². The van der Waals surface area contributed by atoms with E-state index >= 15 is 0 Å². The van der Waals surface area contributed by atoms with Gasteiger partial charge >= 0.3 is 5.97 Å². The van der Waals surface area contributed by atoms with E-state index in [1.807, 2.05) is 6.07 Å². The molecule has 0 saturated heterocycles. The number of nitrogens with one attached hydrogen (secondary N) is 1. The largest absolute Gasteiger partial charge is 0.481 e. The number of aldehydes is 1. The van der Waals surface area contributed by atoms with Gasteiger partial charge in [0.2, 0.25) is 10.0 Å². The SMILES string of the molecule is O=CCC(CNS(=O)(=O)c1ccc(Cl)cc1)(C(=O)O)c1ccc2c(c1)CCC2. The molecule has 0 heterocycles. The normalized spacial score (nSPS) is 15.6. The van der Waals surface area contributed by atoms with Gasteiger partial charge in [-0.3, -0.25) is 4.79 Å². The van der Waals surface area contributed by atoms with E-state index in [9.17, 15) is 23.1 Å². The van der Waals surface area contributed by atoms with Gasteiger partial charge in [0, 0.05) is 18.0 Å². The van der Waals surface area contributed by atoms with Crippen molar-refractivity contribution in [1.29, 1.82) is 0 Å². The quantitative estimate of drug-likeness (QED) is 0.638. The first kappa shape index (κ1) is 20.5. The second-order valence-corrected chi connectivity index (χ2v) is 9.08. The van der Waals surface area contributed by atoms with Gasteiger partial charge in [0.15, 0.2) is 0 Å². The Morgan fingerprint density at radius 1 is 1.14 bits per heavy atom. The first-order chi connectivity index (χ1) is 13.3. The van der Waals surface area contributed by atoms with Crippen LogP contribution in [0.1, 0.15) is 29.5 Å². The van der Waals surface area contributed by atoms with Crippen molar-refractivity contribution in [1.82, 2.24) is 4.72 Å². The predicted octanol–water partition coefficient (Wildman–Crippen LogP) is 2.72. The zero-order valence-electron chi connectivity index (χ0n) is 15.0. The number of benzene rings is 2. The summed E-state index contributed by atoms with van der Waals surface area (Å²) in [7, 11) is -3.97. The third-order valence-electron chi connectivity index (χ3n) is 5.18. The Hall–Kier alpha value is -2.22. The minimum Gasteiger partial charge on any atom is -0.481 e. The molecule has 1 aliphatic rings. The lowest BCUT2D eigenvalue weighted by Crippen LogP contribution is -2.47. The molecule has 148 valence electrons. The van der Waals surface area contributed by atoms with E-state index in [1.54, 1.807) is 12.1 Å². The Labute approximate surface area is 168 Å². The summed E-state index contributed by atoms with van der Waals surface area (Å²) in [5, 5.41) is 10.3. The summed E-state index contributed by atoms with van der Waals surface area (Å²) in [4.78, 5) is 23.5. The minimum atomic E-state index is -3.97. The zero-order valence-corrected chi connectivity index (χ0v) is 16.6. The lowest BCUT2D eigenvalue weighted by molar-refractivity contribution is -0.144. The summed E-state index contributed by atoms with van der Waals surface area (Å²) >= 11 is 5.79. The molecule has 0 saturated carbocycles.